The fourth-order valence-corrected chi connectivity index (χ4v) is 5.96. The minimum absolute atomic E-state index is 0.102. The van der Waals surface area contributed by atoms with Crippen LogP contribution in [0.3, 0.4) is 0 Å². The number of hydrogen-bond acceptors (Lipinski definition) is 5. The molecule has 0 spiro atoms. The van der Waals surface area contributed by atoms with Gasteiger partial charge in [-0.1, -0.05) is 43.4 Å². The van der Waals surface area contributed by atoms with Crippen molar-refractivity contribution in [1.29, 1.82) is 0 Å². The van der Waals surface area contributed by atoms with Crippen LogP contribution < -0.4 is 4.90 Å². The standard InChI is InChI=1S/C21H24N2O3S2/c1-2-9-22-16-5-3-4-14(16)15-11-13(6-7-17(15)22)12-18-20(26)23(21(27)28-18)10-8-19(24)25/h6-7,11-12,14,16H,2-5,8-10H2,1H3,(H,24,25)/b18-12+. The van der Waals surface area contributed by atoms with Crippen LogP contribution in [-0.4, -0.2) is 45.3 Å². The molecular weight excluding hydrogens is 392 g/mol. The van der Waals surface area contributed by atoms with Crippen molar-refractivity contribution in [3.63, 3.8) is 0 Å². The molecule has 0 bridgehead atoms. The van der Waals surface area contributed by atoms with Gasteiger partial charge >= 0.3 is 5.97 Å². The number of hydrogen-bond donors (Lipinski definition) is 1. The van der Waals surface area contributed by atoms with Crippen molar-refractivity contribution in [2.75, 3.05) is 18.0 Å². The Morgan fingerprint density at radius 3 is 2.93 bits per heavy atom. The van der Waals surface area contributed by atoms with Crippen LogP contribution in [0.2, 0.25) is 0 Å². The van der Waals surface area contributed by atoms with Gasteiger partial charge in [0.25, 0.3) is 5.91 Å². The molecule has 2 aliphatic heterocycles. The van der Waals surface area contributed by atoms with E-state index in [2.05, 4.69) is 30.0 Å². The van der Waals surface area contributed by atoms with Gasteiger partial charge in [0.1, 0.15) is 4.32 Å². The van der Waals surface area contributed by atoms with Crippen molar-refractivity contribution in [2.24, 2.45) is 0 Å². The Kier molecular flexibility index (Phi) is 5.47. The van der Waals surface area contributed by atoms with E-state index < -0.39 is 5.97 Å². The number of carbonyl (C=O) groups is 2. The molecule has 3 aliphatic rings. The number of rotatable bonds is 6. The lowest BCUT2D eigenvalue weighted by Gasteiger charge is -2.26. The quantitative estimate of drug-likeness (QED) is 0.553. The van der Waals surface area contributed by atoms with Crippen LogP contribution in [0.5, 0.6) is 0 Å². The molecule has 28 heavy (non-hydrogen) atoms. The van der Waals surface area contributed by atoms with Gasteiger partial charge in [-0.3, -0.25) is 14.5 Å². The van der Waals surface area contributed by atoms with E-state index in [4.69, 9.17) is 17.3 Å². The van der Waals surface area contributed by atoms with Crippen LogP contribution in [0.15, 0.2) is 23.1 Å². The van der Waals surface area contributed by atoms with Crippen molar-refractivity contribution in [1.82, 2.24) is 4.90 Å². The average Bonchev–Trinajstić information content (AvgIpc) is 3.30. The molecule has 1 aromatic carbocycles. The summed E-state index contributed by atoms with van der Waals surface area (Å²) in [6.45, 7) is 3.44. The molecule has 1 aromatic rings. The van der Waals surface area contributed by atoms with Crippen LogP contribution in [0, 0.1) is 0 Å². The summed E-state index contributed by atoms with van der Waals surface area (Å²) in [5.74, 6) is -0.525. The second-order valence-electron chi connectivity index (χ2n) is 7.59. The van der Waals surface area contributed by atoms with E-state index in [0.717, 1.165) is 18.5 Å². The van der Waals surface area contributed by atoms with E-state index in [1.54, 1.807) is 0 Å². The van der Waals surface area contributed by atoms with Crippen LogP contribution in [0.1, 0.15) is 56.1 Å². The molecule has 1 saturated carbocycles. The molecule has 2 fully saturated rings. The third-order valence-electron chi connectivity index (χ3n) is 5.83. The molecule has 0 radical (unpaired) electrons. The molecule has 5 nitrogen and oxygen atoms in total. The summed E-state index contributed by atoms with van der Waals surface area (Å²) in [7, 11) is 0. The molecule has 1 saturated heterocycles. The van der Waals surface area contributed by atoms with E-state index in [9.17, 15) is 9.59 Å². The second kappa shape index (κ2) is 7.87. The Hall–Kier alpha value is -1.86. The monoisotopic (exact) mass is 416 g/mol. The van der Waals surface area contributed by atoms with Crippen molar-refractivity contribution in [3.8, 4) is 0 Å². The topological polar surface area (TPSA) is 60.9 Å². The smallest absolute Gasteiger partial charge is 0.305 e. The van der Waals surface area contributed by atoms with Crippen molar-refractivity contribution in [2.45, 2.75) is 51.0 Å². The highest BCUT2D eigenvalue weighted by atomic mass is 32.2. The Morgan fingerprint density at radius 1 is 1.36 bits per heavy atom. The molecular formula is C21H24N2O3S2. The molecule has 2 atom stereocenters. The predicted molar refractivity (Wildman–Crippen MR) is 117 cm³/mol. The van der Waals surface area contributed by atoms with Crippen LogP contribution >= 0.6 is 24.0 Å². The predicted octanol–water partition coefficient (Wildman–Crippen LogP) is 4.23. The lowest BCUT2D eigenvalue weighted by molar-refractivity contribution is -0.137. The molecule has 2 heterocycles. The van der Waals surface area contributed by atoms with Crippen LogP contribution in [-0.2, 0) is 9.59 Å². The second-order valence-corrected chi connectivity index (χ2v) is 9.27. The molecule has 4 rings (SSSR count). The minimum atomic E-state index is -0.931. The number of fused-ring (bicyclic) bond motifs is 3. The van der Waals surface area contributed by atoms with Gasteiger partial charge < -0.3 is 10.0 Å². The van der Waals surface area contributed by atoms with E-state index in [-0.39, 0.29) is 18.9 Å². The number of thiocarbonyl (C=S) groups is 1. The van der Waals surface area contributed by atoms with Gasteiger partial charge in [-0.25, -0.2) is 0 Å². The maximum Gasteiger partial charge on any atom is 0.305 e. The van der Waals surface area contributed by atoms with Crippen molar-refractivity contribution < 1.29 is 14.7 Å². The Bertz CT molecular complexity index is 867. The first-order valence-corrected chi connectivity index (χ1v) is 11.1. The summed E-state index contributed by atoms with van der Waals surface area (Å²) in [4.78, 5) is 28.0. The fraction of sp³-hybridized carbons (Fsp3) is 0.476. The van der Waals surface area contributed by atoms with Gasteiger partial charge in [0.2, 0.25) is 0 Å². The highest BCUT2D eigenvalue weighted by molar-refractivity contribution is 8.26. The minimum Gasteiger partial charge on any atom is -0.481 e. The lowest BCUT2D eigenvalue weighted by atomic mass is 9.96. The Labute approximate surface area is 174 Å². The van der Waals surface area contributed by atoms with Gasteiger partial charge in [0.15, 0.2) is 0 Å². The molecule has 2 unspecified atom stereocenters. The van der Waals surface area contributed by atoms with Gasteiger partial charge in [-0.15, -0.1) is 0 Å². The fourth-order valence-electron chi connectivity index (χ4n) is 4.66. The number of carbonyl (C=O) groups excluding carboxylic acids is 1. The van der Waals surface area contributed by atoms with Crippen molar-refractivity contribution in [3.05, 3.63) is 34.2 Å². The normalized spacial score (nSPS) is 25.0. The van der Waals surface area contributed by atoms with Gasteiger partial charge in [-0.05, 0) is 48.6 Å². The first-order valence-electron chi connectivity index (χ1n) is 9.87. The third kappa shape index (κ3) is 3.46. The van der Waals surface area contributed by atoms with Crippen LogP contribution in [0.4, 0.5) is 5.69 Å². The molecule has 0 aromatic heterocycles. The highest BCUT2D eigenvalue weighted by Gasteiger charge is 2.41. The largest absolute Gasteiger partial charge is 0.481 e. The summed E-state index contributed by atoms with van der Waals surface area (Å²) < 4.78 is 0.434. The number of amides is 1. The maximum atomic E-state index is 12.6. The number of benzene rings is 1. The van der Waals surface area contributed by atoms with Gasteiger partial charge in [0, 0.05) is 30.7 Å². The van der Waals surface area contributed by atoms with E-state index >= 15 is 0 Å². The van der Waals surface area contributed by atoms with Gasteiger partial charge in [0.05, 0.1) is 11.3 Å². The SMILES string of the molecule is CCCN1c2ccc(/C=C3/SC(=S)N(CCC(=O)O)C3=O)cc2C2CCCC21. The molecule has 1 amide bonds. The zero-order valence-corrected chi connectivity index (χ0v) is 17.5. The van der Waals surface area contributed by atoms with Crippen molar-refractivity contribution >= 4 is 51.9 Å². The number of carboxylic acids is 1. The van der Waals surface area contributed by atoms with Gasteiger partial charge in [-0.2, -0.15) is 0 Å². The Morgan fingerprint density at radius 2 is 2.18 bits per heavy atom. The van der Waals surface area contributed by atoms with E-state index in [1.807, 2.05) is 6.08 Å². The van der Waals surface area contributed by atoms with Crippen LogP contribution in [0.25, 0.3) is 6.08 Å². The summed E-state index contributed by atoms with van der Waals surface area (Å²) >= 11 is 6.53. The average molecular weight is 417 g/mol. The first kappa shape index (κ1) is 19.5. The zero-order chi connectivity index (χ0) is 19.8. The van der Waals surface area contributed by atoms with E-state index in [0.29, 0.717) is 21.2 Å². The molecule has 1 N–H and O–H groups in total. The summed E-state index contributed by atoms with van der Waals surface area (Å²) in [6.07, 6.45) is 6.71. The number of aliphatic carboxylic acids is 1. The summed E-state index contributed by atoms with van der Waals surface area (Å²) in [5, 5.41) is 8.86. The number of carboxylic acid groups (broad SMARTS) is 1. The summed E-state index contributed by atoms with van der Waals surface area (Å²) in [6, 6.07) is 7.13. The first-order chi connectivity index (χ1) is 13.5. The number of thioether (sulfide) groups is 1. The lowest BCUT2D eigenvalue weighted by Crippen LogP contribution is -2.31. The summed E-state index contributed by atoms with van der Waals surface area (Å²) in [5.41, 5.74) is 3.77. The molecule has 1 aliphatic carbocycles. The molecule has 7 heteroatoms. The zero-order valence-electron chi connectivity index (χ0n) is 15.9. The number of anilines is 1. The Balaban J connectivity index is 1.58. The highest BCUT2D eigenvalue weighted by Crippen LogP contribution is 2.49. The number of nitrogens with zero attached hydrogens (tertiary/aromatic N) is 2. The third-order valence-corrected chi connectivity index (χ3v) is 7.20. The van der Waals surface area contributed by atoms with E-state index in [1.165, 1.54) is 47.2 Å². The maximum absolute atomic E-state index is 12.6. The molecule has 148 valence electrons.